The minimum absolute atomic E-state index is 0.282. The summed E-state index contributed by atoms with van der Waals surface area (Å²) in [4.78, 5) is 5.81. The van der Waals surface area contributed by atoms with Crippen molar-refractivity contribution in [1.29, 1.82) is 0 Å². The quantitative estimate of drug-likeness (QED) is 0.802. The summed E-state index contributed by atoms with van der Waals surface area (Å²) in [6.45, 7) is 4.26. The minimum atomic E-state index is 0.282. The lowest BCUT2D eigenvalue weighted by atomic mass is 10.0. The molecule has 2 heterocycles. The third kappa shape index (κ3) is 3.70. The second kappa shape index (κ2) is 7.27. The number of benzene rings is 2. The molecule has 0 bridgehead atoms. The fraction of sp³-hybridized carbons (Fsp3) is 0.286. The van der Waals surface area contributed by atoms with E-state index in [9.17, 15) is 0 Å². The van der Waals surface area contributed by atoms with Gasteiger partial charge in [-0.1, -0.05) is 35.9 Å². The van der Waals surface area contributed by atoms with Crippen LogP contribution in [0.5, 0.6) is 0 Å². The summed E-state index contributed by atoms with van der Waals surface area (Å²) in [5.74, 6) is 1.09. The van der Waals surface area contributed by atoms with Crippen molar-refractivity contribution in [2.75, 3.05) is 19.7 Å². The highest BCUT2D eigenvalue weighted by atomic mass is 32.2. The molecule has 2 aliphatic rings. The molecule has 5 heteroatoms. The van der Waals surface area contributed by atoms with E-state index >= 15 is 0 Å². The summed E-state index contributed by atoms with van der Waals surface area (Å²) in [6.07, 6.45) is 2.89. The molecular formula is C21H23N3OS. The number of amidine groups is 1. The van der Waals surface area contributed by atoms with Crippen LogP contribution in [0.3, 0.4) is 0 Å². The number of nitrogens with two attached hydrogens (primary N) is 1. The molecule has 0 spiro atoms. The zero-order chi connectivity index (χ0) is 18.1. The van der Waals surface area contributed by atoms with E-state index in [4.69, 9.17) is 10.8 Å². The van der Waals surface area contributed by atoms with Crippen LogP contribution in [0.1, 0.15) is 18.9 Å². The van der Waals surface area contributed by atoms with E-state index < -0.39 is 0 Å². The van der Waals surface area contributed by atoms with Gasteiger partial charge < -0.3 is 10.8 Å². The fourth-order valence-corrected chi connectivity index (χ4v) is 4.52. The Morgan fingerprint density at radius 3 is 2.81 bits per heavy atom. The monoisotopic (exact) mass is 365 g/mol. The van der Waals surface area contributed by atoms with Crippen molar-refractivity contribution in [1.82, 2.24) is 4.31 Å². The minimum Gasteiger partial charge on any atom is -0.396 e. The van der Waals surface area contributed by atoms with E-state index in [2.05, 4.69) is 64.8 Å². The van der Waals surface area contributed by atoms with Crippen LogP contribution in [0.2, 0.25) is 0 Å². The predicted molar refractivity (Wildman–Crippen MR) is 109 cm³/mol. The Labute approximate surface area is 158 Å². The Kier molecular flexibility index (Phi) is 4.85. The summed E-state index contributed by atoms with van der Waals surface area (Å²) in [5, 5.41) is 9.16. The van der Waals surface area contributed by atoms with Crippen LogP contribution < -0.4 is 5.73 Å². The first-order valence-corrected chi connectivity index (χ1v) is 9.66. The summed E-state index contributed by atoms with van der Waals surface area (Å²) in [6, 6.07) is 15.0. The van der Waals surface area contributed by atoms with Gasteiger partial charge in [0.2, 0.25) is 0 Å². The number of hydrogen-bond acceptors (Lipinski definition) is 5. The van der Waals surface area contributed by atoms with Crippen LogP contribution in [0.15, 0.2) is 57.9 Å². The summed E-state index contributed by atoms with van der Waals surface area (Å²) in [5.41, 5.74) is 11.6. The van der Waals surface area contributed by atoms with E-state index in [1.54, 1.807) is 11.9 Å². The zero-order valence-electron chi connectivity index (χ0n) is 14.9. The third-order valence-corrected chi connectivity index (χ3v) is 5.76. The lowest BCUT2D eigenvalue weighted by Crippen LogP contribution is -2.43. The van der Waals surface area contributed by atoms with Crippen LogP contribution in [-0.4, -0.2) is 34.9 Å². The van der Waals surface area contributed by atoms with Crippen molar-refractivity contribution in [2.24, 2.45) is 16.6 Å². The zero-order valence-corrected chi connectivity index (χ0v) is 15.7. The molecule has 2 aliphatic heterocycles. The molecule has 0 radical (unpaired) electrons. The van der Waals surface area contributed by atoms with Gasteiger partial charge in [-0.15, -0.1) is 0 Å². The first-order valence-electron chi connectivity index (χ1n) is 8.89. The molecule has 1 fully saturated rings. The van der Waals surface area contributed by atoms with E-state index in [1.807, 2.05) is 0 Å². The van der Waals surface area contributed by atoms with Crippen molar-refractivity contribution in [3.05, 3.63) is 53.6 Å². The molecule has 1 saturated heterocycles. The third-order valence-electron chi connectivity index (χ3n) is 4.74. The van der Waals surface area contributed by atoms with Crippen LogP contribution in [0.25, 0.3) is 17.2 Å². The largest absolute Gasteiger partial charge is 0.396 e. The van der Waals surface area contributed by atoms with E-state index in [0.29, 0.717) is 11.8 Å². The lowest BCUT2D eigenvalue weighted by molar-refractivity contribution is 0.125. The highest BCUT2D eigenvalue weighted by Gasteiger charge is 2.26. The van der Waals surface area contributed by atoms with Gasteiger partial charge >= 0.3 is 0 Å². The fourth-order valence-electron chi connectivity index (χ4n) is 3.33. The maximum atomic E-state index is 9.16. The number of fused-ring (bicyclic) bond motifs is 1. The summed E-state index contributed by atoms with van der Waals surface area (Å²) in [7, 11) is 0. The Balaban J connectivity index is 1.59. The highest BCUT2D eigenvalue weighted by Crippen LogP contribution is 2.35. The molecule has 4 rings (SSSR count). The molecule has 0 amide bonds. The number of rotatable bonds is 4. The summed E-state index contributed by atoms with van der Waals surface area (Å²) < 4.78 is 2.29. The molecule has 0 aromatic heterocycles. The Hall–Kier alpha value is -2.08. The number of nitrogens with zero attached hydrogens (tertiary/aromatic N) is 2. The molecule has 0 unspecified atom stereocenters. The molecule has 2 aromatic carbocycles. The number of hydrogen-bond donors (Lipinski definition) is 2. The Bertz CT molecular complexity index is 885. The van der Waals surface area contributed by atoms with Gasteiger partial charge in [0.1, 0.15) is 5.84 Å². The van der Waals surface area contributed by atoms with Crippen molar-refractivity contribution in [2.45, 2.75) is 18.2 Å². The Morgan fingerprint density at radius 1 is 1.19 bits per heavy atom. The van der Waals surface area contributed by atoms with Crippen LogP contribution in [-0.2, 0) is 0 Å². The highest BCUT2D eigenvalue weighted by molar-refractivity contribution is 7.97. The molecule has 0 saturated carbocycles. The van der Waals surface area contributed by atoms with Gasteiger partial charge in [0, 0.05) is 42.5 Å². The Morgan fingerprint density at radius 2 is 2.00 bits per heavy atom. The van der Waals surface area contributed by atoms with Crippen LogP contribution >= 0.6 is 11.9 Å². The topological polar surface area (TPSA) is 61.8 Å². The average Bonchev–Trinajstić information content (AvgIpc) is 2.73. The normalized spacial score (nSPS) is 17.8. The van der Waals surface area contributed by atoms with Crippen molar-refractivity contribution in [3.63, 3.8) is 0 Å². The maximum Gasteiger partial charge on any atom is 0.104 e. The van der Waals surface area contributed by atoms with Gasteiger partial charge in [-0.2, -0.15) is 0 Å². The van der Waals surface area contributed by atoms with Crippen molar-refractivity contribution >= 4 is 29.5 Å². The second-order valence-electron chi connectivity index (χ2n) is 7.06. The predicted octanol–water partition coefficient (Wildman–Crippen LogP) is 4.08. The first kappa shape index (κ1) is 17.3. The van der Waals surface area contributed by atoms with Crippen LogP contribution in [0, 0.1) is 5.92 Å². The van der Waals surface area contributed by atoms with Gasteiger partial charge in [-0.05, 0) is 48.2 Å². The van der Waals surface area contributed by atoms with Gasteiger partial charge in [0.05, 0.1) is 5.69 Å². The van der Waals surface area contributed by atoms with E-state index in [-0.39, 0.29) is 6.61 Å². The molecule has 0 atom stereocenters. The standard InChI is InChI=1S/C21H23N3OS/c1-14-7-18-6-5-17(10-20(18)23-21(22)8-14)16-3-2-4-19(9-16)26-24-11-15(12-24)13-25/h2-7,9-10,15,25H,8,11-13H2,1H3,(H2,22,23). The average molecular weight is 366 g/mol. The molecule has 134 valence electrons. The first-order chi connectivity index (χ1) is 12.6. The molecule has 4 nitrogen and oxygen atoms in total. The van der Waals surface area contributed by atoms with Gasteiger partial charge in [0.15, 0.2) is 0 Å². The number of aliphatic imine (C=N–C) groups is 1. The van der Waals surface area contributed by atoms with E-state index in [1.165, 1.54) is 16.0 Å². The van der Waals surface area contributed by atoms with Crippen molar-refractivity contribution < 1.29 is 5.11 Å². The molecule has 3 N–H and O–H groups in total. The molecule has 0 aliphatic carbocycles. The smallest absolute Gasteiger partial charge is 0.104 e. The summed E-state index contributed by atoms with van der Waals surface area (Å²) >= 11 is 1.76. The molecule has 2 aromatic rings. The van der Waals surface area contributed by atoms with Gasteiger partial charge in [-0.25, -0.2) is 9.30 Å². The lowest BCUT2D eigenvalue weighted by Gasteiger charge is -2.36. The number of aliphatic hydroxyl groups excluding tert-OH is 1. The second-order valence-corrected chi connectivity index (χ2v) is 8.23. The van der Waals surface area contributed by atoms with Crippen LogP contribution in [0.4, 0.5) is 5.69 Å². The van der Waals surface area contributed by atoms with Gasteiger partial charge in [-0.3, -0.25) is 0 Å². The molecule has 26 heavy (non-hydrogen) atoms. The van der Waals surface area contributed by atoms with E-state index in [0.717, 1.165) is 36.3 Å². The molecular weight excluding hydrogens is 342 g/mol. The maximum absolute atomic E-state index is 9.16. The van der Waals surface area contributed by atoms with Gasteiger partial charge in [0.25, 0.3) is 0 Å². The number of aliphatic hydroxyl groups is 1. The SMILES string of the molecule is CC1=Cc2ccc(-c3cccc(SN4CC(CO)C4)c3)cc2N=C(N)C1. The van der Waals surface area contributed by atoms with Crippen molar-refractivity contribution in [3.8, 4) is 11.1 Å².